The first-order chi connectivity index (χ1) is 11.1. The Morgan fingerprint density at radius 2 is 2.09 bits per heavy atom. The Morgan fingerprint density at radius 3 is 2.78 bits per heavy atom. The van der Waals surface area contributed by atoms with Crippen molar-refractivity contribution in [2.75, 3.05) is 39.4 Å². The minimum absolute atomic E-state index is 0.269. The standard InChI is InChI=1S/C17H28N4O2/c1-14-12-15(2)21(18-14)13-16-4-3-6-19(16)7-5-17(22)20-8-10-23-11-9-20/h12,16H,3-11,13H2,1-2H3/t16-/m0/s1. The zero-order valence-corrected chi connectivity index (χ0v) is 14.3. The van der Waals surface area contributed by atoms with E-state index in [0.717, 1.165) is 38.4 Å². The zero-order chi connectivity index (χ0) is 16.2. The van der Waals surface area contributed by atoms with Crippen molar-refractivity contribution in [1.29, 1.82) is 0 Å². The summed E-state index contributed by atoms with van der Waals surface area (Å²) in [7, 11) is 0. The largest absolute Gasteiger partial charge is 0.378 e. The molecule has 1 amide bonds. The number of carbonyl (C=O) groups excluding carboxylic acids is 1. The van der Waals surface area contributed by atoms with Crippen LogP contribution in [0.4, 0.5) is 0 Å². The van der Waals surface area contributed by atoms with Crippen molar-refractivity contribution in [2.45, 2.75) is 45.7 Å². The van der Waals surface area contributed by atoms with Crippen molar-refractivity contribution in [3.05, 3.63) is 17.5 Å². The van der Waals surface area contributed by atoms with Crippen molar-refractivity contribution < 1.29 is 9.53 Å². The summed E-state index contributed by atoms with van der Waals surface area (Å²) < 4.78 is 7.42. The SMILES string of the molecule is Cc1cc(C)n(C[C@@H]2CCCN2CCC(=O)N2CCOCC2)n1. The van der Waals surface area contributed by atoms with Gasteiger partial charge in [0, 0.05) is 37.8 Å². The van der Waals surface area contributed by atoms with Crippen LogP contribution in [-0.4, -0.2) is 70.9 Å². The highest BCUT2D eigenvalue weighted by molar-refractivity contribution is 5.76. The number of hydrogen-bond acceptors (Lipinski definition) is 4. The predicted octanol–water partition coefficient (Wildman–Crippen LogP) is 1.21. The van der Waals surface area contributed by atoms with Crippen LogP contribution in [-0.2, 0) is 16.1 Å². The molecule has 0 unspecified atom stereocenters. The summed E-state index contributed by atoms with van der Waals surface area (Å²) in [5.74, 6) is 0.269. The van der Waals surface area contributed by atoms with Gasteiger partial charge in [-0.1, -0.05) is 0 Å². The van der Waals surface area contributed by atoms with Gasteiger partial charge >= 0.3 is 0 Å². The predicted molar refractivity (Wildman–Crippen MR) is 88.3 cm³/mol. The van der Waals surface area contributed by atoms with Crippen LogP contribution < -0.4 is 0 Å². The molecule has 0 aromatic carbocycles. The fraction of sp³-hybridized carbons (Fsp3) is 0.765. The van der Waals surface area contributed by atoms with Crippen molar-refractivity contribution in [2.24, 2.45) is 0 Å². The molecule has 2 aliphatic rings. The normalized spacial score (nSPS) is 22.7. The van der Waals surface area contributed by atoms with Gasteiger partial charge in [-0.25, -0.2) is 0 Å². The molecule has 3 rings (SSSR count). The molecule has 1 atom stereocenters. The number of ether oxygens (including phenoxy) is 1. The highest BCUT2D eigenvalue weighted by Gasteiger charge is 2.26. The summed E-state index contributed by atoms with van der Waals surface area (Å²) in [5.41, 5.74) is 2.30. The van der Waals surface area contributed by atoms with Crippen LogP contribution in [0.5, 0.6) is 0 Å². The lowest BCUT2D eigenvalue weighted by Gasteiger charge is -2.29. The summed E-state index contributed by atoms with van der Waals surface area (Å²) in [6.07, 6.45) is 3.04. The second-order valence-electron chi connectivity index (χ2n) is 6.68. The molecule has 0 saturated carbocycles. The maximum atomic E-state index is 12.3. The van der Waals surface area contributed by atoms with Crippen molar-refractivity contribution in [3.8, 4) is 0 Å². The molecule has 0 aliphatic carbocycles. The molecular weight excluding hydrogens is 292 g/mol. The summed E-state index contributed by atoms with van der Waals surface area (Å²) in [6, 6.07) is 2.63. The molecule has 0 spiro atoms. The highest BCUT2D eigenvalue weighted by atomic mass is 16.5. The molecule has 0 bridgehead atoms. The number of hydrogen-bond donors (Lipinski definition) is 0. The molecule has 3 heterocycles. The van der Waals surface area contributed by atoms with Crippen LogP contribution in [0, 0.1) is 13.8 Å². The molecule has 2 fully saturated rings. The number of aromatic nitrogens is 2. The van der Waals surface area contributed by atoms with Crippen molar-refractivity contribution in [3.63, 3.8) is 0 Å². The number of aryl methyl sites for hydroxylation is 2. The van der Waals surface area contributed by atoms with Gasteiger partial charge in [-0.2, -0.15) is 5.10 Å². The summed E-state index contributed by atoms with van der Waals surface area (Å²) >= 11 is 0. The second kappa shape index (κ2) is 7.45. The van der Waals surface area contributed by atoms with Crippen LogP contribution in [0.3, 0.4) is 0 Å². The monoisotopic (exact) mass is 320 g/mol. The Morgan fingerprint density at radius 1 is 1.30 bits per heavy atom. The van der Waals surface area contributed by atoms with Gasteiger partial charge in [0.15, 0.2) is 0 Å². The zero-order valence-electron chi connectivity index (χ0n) is 14.3. The van der Waals surface area contributed by atoms with E-state index < -0.39 is 0 Å². The van der Waals surface area contributed by atoms with Crippen LogP contribution in [0.25, 0.3) is 0 Å². The molecule has 128 valence electrons. The lowest BCUT2D eigenvalue weighted by Crippen LogP contribution is -2.42. The average Bonchev–Trinajstić information content (AvgIpc) is 3.12. The fourth-order valence-corrected chi connectivity index (χ4v) is 3.67. The number of rotatable bonds is 5. The van der Waals surface area contributed by atoms with Gasteiger partial charge in [0.25, 0.3) is 0 Å². The van der Waals surface area contributed by atoms with E-state index in [-0.39, 0.29) is 5.91 Å². The molecule has 2 saturated heterocycles. The van der Waals surface area contributed by atoms with Crippen LogP contribution in [0.1, 0.15) is 30.7 Å². The van der Waals surface area contributed by atoms with Gasteiger partial charge in [-0.05, 0) is 39.3 Å². The lowest BCUT2D eigenvalue weighted by atomic mass is 10.2. The third-order valence-corrected chi connectivity index (χ3v) is 4.96. The van der Waals surface area contributed by atoms with E-state index in [0.29, 0.717) is 25.7 Å². The molecule has 1 aromatic rings. The Labute approximate surface area is 138 Å². The maximum Gasteiger partial charge on any atom is 0.224 e. The van der Waals surface area contributed by atoms with E-state index in [4.69, 9.17) is 4.74 Å². The molecule has 6 heteroatoms. The molecule has 0 radical (unpaired) electrons. The van der Waals surface area contributed by atoms with E-state index >= 15 is 0 Å². The Balaban J connectivity index is 1.50. The van der Waals surface area contributed by atoms with Gasteiger partial charge in [-0.15, -0.1) is 0 Å². The minimum atomic E-state index is 0.269. The third-order valence-electron chi connectivity index (χ3n) is 4.96. The summed E-state index contributed by atoms with van der Waals surface area (Å²) in [6.45, 7) is 9.89. The number of likely N-dealkylation sites (tertiary alicyclic amines) is 1. The average molecular weight is 320 g/mol. The number of morpholine rings is 1. The molecule has 6 nitrogen and oxygen atoms in total. The van der Waals surface area contributed by atoms with E-state index in [1.165, 1.54) is 18.5 Å². The Bertz CT molecular complexity index is 537. The van der Waals surface area contributed by atoms with Gasteiger partial charge in [-0.3, -0.25) is 14.4 Å². The topological polar surface area (TPSA) is 50.6 Å². The highest BCUT2D eigenvalue weighted by Crippen LogP contribution is 2.20. The van der Waals surface area contributed by atoms with Gasteiger partial charge in [0.05, 0.1) is 25.5 Å². The number of nitrogens with zero attached hydrogens (tertiary/aromatic N) is 4. The summed E-state index contributed by atoms with van der Waals surface area (Å²) in [4.78, 5) is 16.7. The molecule has 1 aromatic heterocycles. The molecule has 0 N–H and O–H groups in total. The molecular formula is C17H28N4O2. The third kappa shape index (κ3) is 4.12. The molecule has 23 heavy (non-hydrogen) atoms. The van der Waals surface area contributed by atoms with E-state index in [1.807, 2.05) is 11.8 Å². The van der Waals surface area contributed by atoms with Crippen LogP contribution >= 0.6 is 0 Å². The van der Waals surface area contributed by atoms with E-state index in [9.17, 15) is 4.79 Å². The molecule has 2 aliphatic heterocycles. The first-order valence-electron chi connectivity index (χ1n) is 8.74. The lowest BCUT2D eigenvalue weighted by molar-refractivity contribution is -0.135. The van der Waals surface area contributed by atoms with E-state index in [2.05, 4.69) is 27.7 Å². The van der Waals surface area contributed by atoms with E-state index in [1.54, 1.807) is 0 Å². The summed E-state index contributed by atoms with van der Waals surface area (Å²) in [5, 5.41) is 4.58. The number of carbonyl (C=O) groups is 1. The quantitative estimate of drug-likeness (QED) is 0.818. The Hall–Kier alpha value is -1.40. The Kier molecular flexibility index (Phi) is 5.33. The smallest absolute Gasteiger partial charge is 0.224 e. The van der Waals surface area contributed by atoms with Gasteiger partial charge in [0.2, 0.25) is 5.91 Å². The van der Waals surface area contributed by atoms with Crippen molar-refractivity contribution in [1.82, 2.24) is 19.6 Å². The fourth-order valence-electron chi connectivity index (χ4n) is 3.67. The second-order valence-corrected chi connectivity index (χ2v) is 6.68. The van der Waals surface area contributed by atoms with Gasteiger partial charge < -0.3 is 9.64 Å². The maximum absolute atomic E-state index is 12.3. The van der Waals surface area contributed by atoms with Crippen LogP contribution in [0.2, 0.25) is 0 Å². The van der Waals surface area contributed by atoms with Gasteiger partial charge in [0.1, 0.15) is 0 Å². The minimum Gasteiger partial charge on any atom is -0.378 e. The first-order valence-corrected chi connectivity index (χ1v) is 8.74. The first kappa shape index (κ1) is 16.5. The van der Waals surface area contributed by atoms with Crippen molar-refractivity contribution >= 4 is 5.91 Å². The number of amides is 1. The van der Waals surface area contributed by atoms with Crippen LogP contribution in [0.15, 0.2) is 6.07 Å².